The van der Waals surface area contributed by atoms with Crippen molar-refractivity contribution in [1.82, 2.24) is 14.7 Å². The number of rotatable bonds is 2. The maximum absolute atomic E-state index is 13.4. The summed E-state index contributed by atoms with van der Waals surface area (Å²) in [6, 6.07) is 6.30. The quantitative estimate of drug-likeness (QED) is 0.784. The van der Waals surface area contributed by atoms with Crippen LogP contribution in [0.4, 0.5) is 17.6 Å². The number of benzene rings is 1. The lowest BCUT2D eigenvalue weighted by Gasteiger charge is -2.24. The van der Waals surface area contributed by atoms with E-state index in [1.165, 1.54) is 17.0 Å². The van der Waals surface area contributed by atoms with E-state index >= 15 is 0 Å². The van der Waals surface area contributed by atoms with Crippen LogP contribution in [0, 0.1) is 5.82 Å². The molecule has 0 radical (unpaired) electrons. The molecule has 1 aromatic carbocycles. The molecule has 0 aliphatic carbocycles. The Kier molecular flexibility index (Phi) is 4.06. The van der Waals surface area contributed by atoms with Crippen LogP contribution in [0.5, 0.6) is 0 Å². The molecule has 0 bridgehead atoms. The van der Waals surface area contributed by atoms with Crippen LogP contribution in [0.1, 0.15) is 40.6 Å². The van der Waals surface area contributed by atoms with Crippen molar-refractivity contribution in [2.24, 2.45) is 7.05 Å². The molecule has 1 fully saturated rings. The minimum Gasteiger partial charge on any atom is -0.330 e. The zero-order chi connectivity index (χ0) is 17.5. The molecule has 24 heavy (non-hydrogen) atoms. The monoisotopic (exact) mass is 341 g/mol. The Balaban J connectivity index is 1.89. The fourth-order valence-corrected chi connectivity index (χ4v) is 3.05. The van der Waals surface area contributed by atoms with Crippen LogP contribution in [-0.2, 0) is 13.2 Å². The van der Waals surface area contributed by atoms with Crippen LogP contribution in [0.25, 0.3) is 0 Å². The molecule has 2 aromatic rings. The van der Waals surface area contributed by atoms with E-state index < -0.39 is 23.6 Å². The number of amides is 1. The molecule has 0 N–H and O–H groups in total. The van der Waals surface area contributed by atoms with Gasteiger partial charge in [-0.3, -0.25) is 9.48 Å². The van der Waals surface area contributed by atoms with Crippen molar-refractivity contribution in [3.63, 3.8) is 0 Å². The lowest BCUT2D eigenvalue weighted by molar-refractivity contribution is -0.143. The number of nitrogens with zero attached hydrogens (tertiary/aromatic N) is 3. The summed E-state index contributed by atoms with van der Waals surface area (Å²) in [6.07, 6.45) is -3.24. The number of aryl methyl sites for hydroxylation is 1. The number of carbonyl (C=O) groups is 1. The highest BCUT2D eigenvalue weighted by molar-refractivity contribution is 5.93. The molecule has 0 spiro atoms. The molecule has 1 amide bonds. The first-order valence-corrected chi connectivity index (χ1v) is 7.45. The lowest BCUT2D eigenvalue weighted by Crippen LogP contribution is -2.31. The van der Waals surface area contributed by atoms with E-state index in [4.69, 9.17) is 0 Å². The third-order valence-corrected chi connectivity index (χ3v) is 4.14. The Labute approximate surface area is 135 Å². The van der Waals surface area contributed by atoms with Crippen molar-refractivity contribution in [2.45, 2.75) is 25.1 Å². The third kappa shape index (κ3) is 3.00. The highest BCUT2D eigenvalue weighted by atomic mass is 19.4. The van der Waals surface area contributed by atoms with Crippen molar-refractivity contribution >= 4 is 5.91 Å². The Morgan fingerprint density at radius 3 is 2.67 bits per heavy atom. The molecule has 8 heteroatoms. The summed E-state index contributed by atoms with van der Waals surface area (Å²) in [5, 5.41) is 3.70. The predicted molar refractivity (Wildman–Crippen MR) is 77.6 cm³/mol. The number of halogens is 4. The molecule has 1 saturated heterocycles. The summed E-state index contributed by atoms with van der Waals surface area (Å²) >= 11 is 0. The molecule has 128 valence electrons. The van der Waals surface area contributed by atoms with E-state index in [1.807, 2.05) is 0 Å². The number of likely N-dealkylation sites (tertiary alicyclic amines) is 1. The molecule has 1 atom stereocenters. The number of hydrogen-bond acceptors (Lipinski definition) is 2. The summed E-state index contributed by atoms with van der Waals surface area (Å²) in [5.41, 5.74) is -0.603. The molecule has 0 saturated carbocycles. The average molecular weight is 341 g/mol. The molecule has 3 rings (SSSR count). The Morgan fingerprint density at radius 1 is 1.29 bits per heavy atom. The van der Waals surface area contributed by atoms with E-state index in [0.717, 1.165) is 13.1 Å². The third-order valence-electron chi connectivity index (χ3n) is 4.14. The van der Waals surface area contributed by atoms with Gasteiger partial charge in [-0.1, -0.05) is 12.1 Å². The zero-order valence-corrected chi connectivity index (χ0v) is 12.8. The van der Waals surface area contributed by atoms with Gasteiger partial charge < -0.3 is 4.90 Å². The van der Waals surface area contributed by atoms with Gasteiger partial charge in [0.25, 0.3) is 5.91 Å². The van der Waals surface area contributed by atoms with Crippen molar-refractivity contribution in [2.75, 3.05) is 6.54 Å². The number of hydrogen-bond donors (Lipinski definition) is 0. The first-order valence-electron chi connectivity index (χ1n) is 7.45. The Morgan fingerprint density at radius 2 is 2.04 bits per heavy atom. The van der Waals surface area contributed by atoms with Gasteiger partial charge in [-0.05, 0) is 30.5 Å². The van der Waals surface area contributed by atoms with E-state index in [1.54, 1.807) is 12.1 Å². The van der Waals surface area contributed by atoms with Crippen LogP contribution in [0.2, 0.25) is 0 Å². The predicted octanol–water partition coefficient (Wildman–Crippen LogP) is 3.56. The largest absolute Gasteiger partial charge is 0.433 e. The molecule has 1 aliphatic rings. The summed E-state index contributed by atoms with van der Waals surface area (Å²) < 4.78 is 52.7. The second-order valence-corrected chi connectivity index (χ2v) is 5.75. The first kappa shape index (κ1) is 16.5. The van der Waals surface area contributed by atoms with Gasteiger partial charge in [0.2, 0.25) is 0 Å². The summed E-state index contributed by atoms with van der Waals surface area (Å²) in [4.78, 5) is 14.1. The highest BCUT2D eigenvalue weighted by Gasteiger charge is 2.38. The second-order valence-electron chi connectivity index (χ2n) is 5.75. The van der Waals surface area contributed by atoms with Gasteiger partial charge in [0.15, 0.2) is 5.69 Å². The van der Waals surface area contributed by atoms with E-state index in [2.05, 4.69) is 5.10 Å². The molecule has 0 unspecified atom stereocenters. The minimum atomic E-state index is -4.58. The normalized spacial score (nSPS) is 18.2. The minimum absolute atomic E-state index is 0.256. The van der Waals surface area contributed by atoms with Crippen LogP contribution in [-0.4, -0.2) is 27.1 Å². The molecule has 2 heterocycles. The first-order chi connectivity index (χ1) is 11.3. The SMILES string of the molecule is Cn1nc(C(=O)N2CCC[C@H]2c2cccc(F)c2)cc1C(F)(F)F. The van der Waals surface area contributed by atoms with Crippen LogP contribution >= 0.6 is 0 Å². The van der Waals surface area contributed by atoms with Gasteiger partial charge in [0.1, 0.15) is 11.5 Å². The summed E-state index contributed by atoms with van der Waals surface area (Å²) in [6.45, 7) is 0.401. The van der Waals surface area contributed by atoms with Crippen LogP contribution in [0.15, 0.2) is 30.3 Å². The van der Waals surface area contributed by atoms with Crippen molar-refractivity contribution in [3.8, 4) is 0 Å². The fourth-order valence-electron chi connectivity index (χ4n) is 3.05. The maximum Gasteiger partial charge on any atom is 0.433 e. The standard InChI is InChI=1S/C16H15F4N3O/c1-22-14(16(18,19)20)9-12(21-22)15(24)23-7-3-6-13(23)10-4-2-5-11(17)8-10/h2,4-5,8-9,13H,3,6-7H2,1H3/t13-/m0/s1. The lowest BCUT2D eigenvalue weighted by atomic mass is 10.0. The number of aromatic nitrogens is 2. The summed E-state index contributed by atoms with van der Waals surface area (Å²) in [5.74, 6) is -0.989. The maximum atomic E-state index is 13.4. The smallest absolute Gasteiger partial charge is 0.330 e. The fraction of sp³-hybridized carbons (Fsp3) is 0.375. The van der Waals surface area contributed by atoms with Crippen LogP contribution in [0.3, 0.4) is 0 Å². The highest BCUT2D eigenvalue weighted by Crippen LogP contribution is 2.34. The zero-order valence-electron chi connectivity index (χ0n) is 12.8. The van der Waals surface area contributed by atoms with Gasteiger partial charge in [-0.25, -0.2) is 4.39 Å². The average Bonchev–Trinajstić information content (AvgIpc) is 3.12. The molecule has 4 nitrogen and oxygen atoms in total. The van der Waals surface area contributed by atoms with E-state index in [0.29, 0.717) is 29.6 Å². The van der Waals surface area contributed by atoms with Crippen molar-refractivity contribution in [1.29, 1.82) is 0 Å². The topological polar surface area (TPSA) is 38.1 Å². The molecule has 1 aliphatic heterocycles. The van der Waals surface area contributed by atoms with Gasteiger partial charge >= 0.3 is 6.18 Å². The second kappa shape index (κ2) is 5.92. The molecule has 1 aromatic heterocycles. The Hall–Kier alpha value is -2.38. The van der Waals surface area contributed by atoms with Crippen molar-refractivity contribution in [3.05, 3.63) is 53.1 Å². The van der Waals surface area contributed by atoms with Gasteiger partial charge in [0.05, 0.1) is 6.04 Å². The Bertz CT molecular complexity index is 769. The van der Waals surface area contributed by atoms with Gasteiger partial charge in [-0.15, -0.1) is 0 Å². The van der Waals surface area contributed by atoms with Gasteiger partial charge in [-0.2, -0.15) is 18.3 Å². The van der Waals surface area contributed by atoms with E-state index in [-0.39, 0.29) is 11.7 Å². The van der Waals surface area contributed by atoms with Crippen molar-refractivity contribution < 1.29 is 22.4 Å². The van der Waals surface area contributed by atoms with Gasteiger partial charge in [0, 0.05) is 19.7 Å². The number of alkyl halides is 3. The summed E-state index contributed by atoms with van der Waals surface area (Å²) in [7, 11) is 1.15. The van der Waals surface area contributed by atoms with E-state index in [9.17, 15) is 22.4 Å². The molecular formula is C16H15F4N3O. The van der Waals surface area contributed by atoms with Crippen LogP contribution < -0.4 is 0 Å². The molecular weight excluding hydrogens is 326 g/mol. The number of carbonyl (C=O) groups excluding carboxylic acids is 1.